The zero-order valence-electron chi connectivity index (χ0n) is 15.2. The zero-order valence-corrected chi connectivity index (χ0v) is 15.2. The highest BCUT2D eigenvalue weighted by molar-refractivity contribution is 5.84. The van der Waals surface area contributed by atoms with E-state index < -0.39 is 35.4 Å². The number of esters is 2. The first-order valence-corrected chi connectivity index (χ1v) is 9.14. The fourth-order valence-corrected chi connectivity index (χ4v) is 4.82. The van der Waals surface area contributed by atoms with Crippen LogP contribution in [0.25, 0.3) is 0 Å². The number of carbonyl (C=O) groups excluding carboxylic acids is 2. The SMILES string of the molecule is C=COC(=O)[C@H]1[C@H]2[C@@H]1[C@](C[C@H](C)c1ccccc1)(C(=O)OCC)C[C@H]2F.[HH]. The summed E-state index contributed by atoms with van der Waals surface area (Å²) in [6.45, 7) is 7.38. The van der Waals surface area contributed by atoms with Crippen molar-refractivity contribution in [2.45, 2.75) is 38.8 Å². The molecule has 2 aliphatic rings. The van der Waals surface area contributed by atoms with Crippen molar-refractivity contribution in [3.8, 4) is 0 Å². The second-order valence-corrected chi connectivity index (χ2v) is 7.35. The Morgan fingerprint density at radius 2 is 2.12 bits per heavy atom. The maximum atomic E-state index is 14.7. The van der Waals surface area contributed by atoms with E-state index in [0.717, 1.165) is 11.8 Å². The van der Waals surface area contributed by atoms with E-state index in [9.17, 15) is 14.0 Å². The lowest BCUT2D eigenvalue weighted by Crippen LogP contribution is -2.38. The zero-order chi connectivity index (χ0) is 18.9. The lowest BCUT2D eigenvalue weighted by Gasteiger charge is -2.32. The molecule has 5 heteroatoms. The van der Waals surface area contributed by atoms with E-state index >= 15 is 0 Å². The lowest BCUT2D eigenvalue weighted by molar-refractivity contribution is -0.159. The Hall–Kier alpha value is -2.17. The number of carbonyl (C=O) groups is 2. The molecule has 0 N–H and O–H groups in total. The van der Waals surface area contributed by atoms with Gasteiger partial charge in [0, 0.05) is 7.34 Å². The van der Waals surface area contributed by atoms with Crippen LogP contribution in [0.3, 0.4) is 0 Å². The number of benzene rings is 1. The summed E-state index contributed by atoms with van der Waals surface area (Å²) in [5.41, 5.74) is 0.0983. The van der Waals surface area contributed by atoms with Crippen LogP contribution in [0.2, 0.25) is 0 Å². The molecule has 0 saturated heterocycles. The van der Waals surface area contributed by atoms with E-state index in [1.807, 2.05) is 37.3 Å². The van der Waals surface area contributed by atoms with Crippen LogP contribution in [0.1, 0.15) is 39.6 Å². The highest BCUT2D eigenvalue weighted by Crippen LogP contribution is 2.70. The van der Waals surface area contributed by atoms with Crippen LogP contribution >= 0.6 is 0 Å². The first-order chi connectivity index (χ1) is 12.5. The fraction of sp³-hybridized carbons (Fsp3) is 0.524. The minimum atomic E-state index is -1.20. The van der Waals surface area contributed by atoms with Gasteiger partial charge in [-0.05, 0) is 37.2 Å². The summed E-state index contributed by atoms with van der Waals surface area (Å²) in [4.78, 5) is 25.1. The quantitative estimate of drug-likeness (QED) is 0.537. The minimum absolute atomic E-state index is 0. The summed E-state index contributed by atoms with van der Waals surface area (Å²) in [6.07, 6.45) is 0.420. The number of hydrogen-bond acceptors (Lipinski definition) is 4. The Bertz CT molecular complexity index is 695. The second kappa shape index (κ2) is 7.22. The predicted molar refractivity (Wildman–Crippen MR) is 96.9 cm³/mol. The Morgan fingerprint density at radius 1 is 1.42 bits per heavy atom. The van der Waals surface area contributed by atoms with Crippen molar-refractivity contribution >= 4 is 11.9 Å². The molecule has 1 aromatic carbocycles. The van der Waals surface area contributed by atoms with Gasteiger partial charge in [-0.3, -0.25) is 9.59 Å². The van der Waals surface area contributed by atoms with E-state index in [1.165, 1.54) is 0 Å². The molecule has 0 heterocycles. The number of hydrogen-bond donors (Lipinski definition) is 0. The number of rotatable bonds is 7. The normalized spacial score (nSPS) is 33.0. The number of fused-ring (bicyclic) bond motifs is 1. The fourth-order valence-electron chi connectivity index (χ4n) is 4.82. The molecule has 142 valence electrons. The summed E-state index contributed by atoms with van der Waals surface area (Å²) < 4.78 is 24.9. The van der Waals surface area contributed by atoms with Gasteiger partial charge in [0.25, 0.3) is 0 Å². The van der Waals surface area contributed by atoms with Gasteiger partial charge >= 0.3 is 11.9 Å². The van der Waals surface area contributed by atoms with Gasteiger partial charge in [-0.25, -0.2) is 4.39 Å². The van der Waals surface area contributed by atoms with Gasteiger partial charge < -0.3 is 9.47 Å². The molecule has 0 radical (unpaired) electrons. The molecule has 0 unspecified atom stereocenters. The second-order valence-electron chi connectivity index (χ2n) is 7.35. The lowest BCUT2D eigenvalue weighted by atomic mass is 9.72. The van der Waals surface area contributed by atoms with Gasteiger partial charge in [0.05, 0.1) is 24.2 Å². The van der Waals surface area contributed by atoms with Crippen LogP contribution in [0.15, 0.2) is 43.2 Å². The molecular weight excluding hydrogens is 335 g/mol. The van der Waals surface area contributed by atoms with Gasteiger partial charge in [0.2, 0.25) is 0 Å². The average molecular weight is 362 g/mol. The maximum Gasteiger partial charge on any atom is 0.314 e. The van der Waals surface area contributed by atoms with Gasteiger partial charge in [0.15, 0.2) is 0 Å². The third kappa shape index (κ3) is 3.04. The average Bonchev–Trinajstić information content (AvgIpc) is 3.32. The molecule has 2 saturated carbocycles. The molecule has 4 nitrogen and oxygen atoms in total. The Morgan fingerprint density at radius 3 is 2.73 bits per heavy atom. The van der Waals surface area contributed by atoms with Crippen molar-refractivity contribution in [3.63, 3.8) is 0 Å². The molecule has 2 aliphatic carbocycles. The predicted octanol–water partition coefficient (Wildman–Crippen LogP) is 4.27. The molecule has 6 atom stereocenters. The molecule has 0 bridgehead atoms. The number of alkyl halides is 1. The van der Waals surface area contributed by atoms with Gasteiger partial charge in [-0.2, -0.15) is 0 Å². The molecule has 2 fully saturated rings. The van der Waals surface area contributed by atoms with Crippen LogP contribution in [0.4, 0.5) is 4.39 Å². The largest absolute Gasteiger partial charge is 0.466 e. The van der Waals surface area contributed by atoms with Gasteiger partial charge in [-0.15, -0.1) is 0 Å². The summed E-state index contributed by atoms with van der Waals surface area (Å²) in [7, 11) is 0. The topological polar surface area (TPSA) is 52.6 Å². The van der Waals surface area contributed by atoms with Crippen molar-refractivity contribution in [1.29, 1.82) is 0 Å². The smallest absolute Gasteiger partial charge is 0.314 e. The number of halogens is 1. The van der Waals surface area contributed by atoms with Crippen LogP contribution in [0.5, 0.6) is 0 Å². The maximum absolute atomic E-state index is 14.7. The van der Waals surface area contributed by atoms with Crippen LogP contribution in [-0.2, 0) is 19.1 Å². The highest BCUT2D eigenvalue weighted by Gasteiger charge is 2.75. The van der Waals surface area contributed by atoms with Crippen LogP contribution in [0, 0.1) is 23.2 Å². The minimum Gasteiger partial charge on any atom is -0.466 e. The van der Waals surface area contributed by atoms with Crippen LogP contribution < -0.4 is 0 Å². The molecule has 26 heavy (non-hydrogen) atoms. The van der Waals surface area contributed by atoms with Crippen molar-refractivity contribution < 1.29 is 24.9 Å². The molecule has 0 aliphatic heterocycles. The van der Waals surface area contributed by atoms with Crippen molar-refractivity contribution in [2.75, 3.05) is 6.61 Å². The Kier molecular flexibility index (Phi) is 5.17. The van der Waals surface area contributed by atoms with Gasteiger partial charge in [0.1, 0.15) is 6.17 Å². The molecular formula is C21H27FO4. The summed E-state index contributed by atoms with van der Waals surface area (Å²) >= 11 is 0. The van der Waals surface area contributed by atoms with E-state index in [1.54, 1.807) is 6.92 Å². The molecule has 3 rings (SSSR count). The molecule has 0 aromatic heterocycles. The van der Waals surface area contributed by atoms with Crippen molar-refractivity contribution in [3.05, 3.63) is 48.7 Å². The monoisotopic (exact) mass is 362 g/mol. The molecule has 1 aromatic rings. The van der Waals surface area contributed by atoms with E-state index in [0.29, 0.717) is 6.42 Å². The third-order valence-corrected chi connectivity index (χ3v) is 5.88. The van der Waals surface area contributed by atoms with Crippen molar-refractivity contribution in [2.24, 2.45) is 23.2 Å². The first-order valence-electron chi connectivity index (χ1n) is 9.14. The van der Waals surface area contributed by atoms with E-state index in [-0.39, 0.29) is 26.3 Å². The first kappa shape index (κ1) is 18.6. The van der Waals surface area contributed by atoms with Gasteiger partial charge in [-0.1, -0.05) is 43.8 Å². The Labute approximate surface area is 154 Å². The Balaban J connectivity index is 0.00000261. The van der Waals surface area contributed by atoms with Crippen molar-refractivity contribution in [1.82, 2.24) is 0 Å². The standard InChI is InChI=1S/C21H25FO4.H2/c1-4-25-19(23)17-16-15(22)12-21(18(16)17,20(24)26-5-2)11-13(3)14-9-7-6-8-10-14;/h4,6-10,13,15-18H,1,5,11-12H2,2-3H3;1H/t13-,15+,16-,17-,18-,21+;/m0./s1. The molecule has 0 amide bonds. The van der Waals surface area contributed by atoms with E-state index in [2.05, 4.69) is 6.58 Å². The summed E-state index contributed by atoms with van der Waals surface area (Å²) in [6, 6.07) is 9.82. The summed E-state index contributed by atoms with van der Waals surface area (Å²) in [5, 5.41) is 0. The van der Waals surface area contributed by atoms with Crippen LogP contribution in [-0.4, -0.2) is 24.7 Å². The number of ether oxygens (including phenoxy) is 2. The third-order valence-electron chi connectivity index (χ3n) is 5.88. The summed E-state index contributed by atoms with van der Waals surface area (Å²) in [5.74, 6) is -2.28. The highest BCUT2D eigenvalue weighted by atomic mass is 19.1. The molecule has 0 spiro atoms. The van der Waals surface area contributed by atoms with E-state index in [4.69, 9.17) is 9.47 Å².